The van der Waals surface area contributed by atoms with Gasteiger partial charge < -0.3 is 16.4 Å². The van der Waals surface area contributed by atoms with Gasteiger partial charge in [-0.1, -0.05) is 43.5 Å². The summed E-state index contributed by atoms with van der Waals surface area (Å²) in [5, 5.41) is 10.6. The van der Waals surface area contributed by atoms with Crippen LogP contribution in [0.2, 0.25) is 0 Å². The largest absolute Gasteiger partial charge is 0.369 e. The third-order valence-electron chi connectivity index (χ3n) is 6.60. The first-order valence-electron chi connectivity index (χ1n) is 11.7. The van der Waals surface area contributed by atoms with Gasteiger partial charge in [0.2, 0.25) is 5.91 Å². The highest BCUT2D eigenvalue weighted by Gasteiger charge is 2.55. The molecule has 2 aliphatic rings. The van der Waals surface area contributed by atoms with Gasteiger partial charge >= 0.3 is 0 Å². The molecule has 0 radical (unpaired) electrons. The second-order valence-corrected chi connectivity index (χ2v) is 10.2. The molecule has 1 heterocycles. The van der Waals surface area contributed by atoms with E-state index in [1.165, 1.54) is 6.07 Å². The fraction of sp³-hybridized carbons (Fsp3) is 0.462. The first-order valence-corrected chi connectivity index (χ1v) is 11.7. The zero-order valence-electron chi connectivity index (χ0n) is 19.7. The van der Waals surface area contributed by atoms with Gasteiger partial charge in [-0.2, -0.15) is 0 Å². The molecule has 0 bridgehead atoms. The summed E-state index contributed by atoms with van der Waals surface area (Å²) in [5.74, 6) is -0.725. The SMILES string of the molecule is CC(C)(C)NC1(C2(NCC(N)=O)N=CNc3ccc(-c4ccccc4F)cc32)CCCCC1. The number of carbonyl (C=O) groups excluding carboxylic acids is 1. The van der Waals surface area contributed by atoms with Crippen LogP contribution in [0.5, 0.6) is 0 Å². The summed E-state index contributed by atoms with van der Waals surface area (Å²) < 4.78 is 14.7. The number of halogens is 1. The molecule has 1 saturated carbocycles. The molecule has 0 saturated heterocycles. The van der Waals surface area contributed by atoms with Crippen LogP contribution < -0.4 is 21.7 Å². The summed E-state index contributed by atoms with van der Waals surface area (Å²) in [4.78, 5) is 16.9. The molecule has 7 heteroatoms. The Labute approximate surface area is 195 Å². The van der Waals surface area contributed by atoms with E-state index in [9.17, 15) is 9.18 Å². The number of hydrogen-bond acceptors (Lipinski definition) is 5. The van der Waals surface area contributed by atoms with Gasteiger partial charge in [0.15, 0.2) is 5.66 Å². The number of amides is 1. The number of primary amides is 1. The van der Waals surface area contributed by atoms with Gasteiger partial charge in [0.1, 0.15) is 5.82 Å². The molecular weight excluding hydrogens is 417 g/mol. The molecule has 0 aromatic heterocycles. The van der Waals surface area contributed by atoms with Crippen molar-refractivity contribution in [1.29, 1.82) is 0 Å². The van der Waals surface area contributed by atoms with Crippen LogP contribution in [0.15, 0.2) is 47.5 Å². The number of benzene rings is 2. The summed E-state index contributed by atoms with van der Waals surface area (Å²) in [6.07, 6.45) is 6.72. The minimum absolute atomic E-state index is 0.0196. The van der Waals surface area contributed by atoms with E-state index >= 15 is 0 Å². The van der Waals surface area contributed by atoms with Crippen molar-refractivity contribution >= 4 is 17.9 Å². The number of aliphatic imine (C=N–C) groups is 1. The molecule has 1 amide bonds. The van der Waals surface area contributed by atoms with E-state index in [1.54, 1.807) is 18.5 Å². The van der Waals surface area contributed by atoms with Gasteiger partial charge in [0, 0.05) is 22.4 Å². The minimum atomic E-state index is -0.947. The molecule has 33 heavy (non-hydrogen) atoms. The third-order valence-corrected chi connectivity index (χ3v) is 6.60. The van der Waals surface area contributed by atoms with Crippen LogP contribution in [0, 0.1) is 5.82 Å². The number of nitrogens with one attached hydrogen (secondary N) is 3. The average Bonchev–Trinajstić information content (AvgIpc) is 2.77. The molecule has 1 aliphatic heterocycles. The summed E-state index contributed by atoms with van der Waals surface area (Å²) >= 11 is 0. The van der Waals surface area contributed by atoms with E-state index in [0.29, 0.717) is 5.56 Å². The van der Waals surface area contributed by atoms with Crippen LogP contribution in [-0.2, 0) is 10.5 Å². The molecule has 4 rings (SSSR count). The van der Waals surface area contributed by atoms with Gasteiger partial charge in [0.05, 0.1) is 18.4 Å². The van der Waals surface area contributed by atoms with Crippen LogP contribution in [-0.4, -0.2) is 29.9 Å². The lowest BCUT2D eigenvalue weighted by Crippen LogP contribution is -2.71. The standard InChI is InChI=1S/C26H34FN5O/c1-24(2,3)32-25(13-7-4-8-14-25)26(30-16-23(28)33)20-15-18(11-12-22(20)29-17-31-26)19-9-5-6-10-21(19)27/h5-6,9-12,15,17,30,32H,4,7-8,13-14,16H2,1-3H3,(H2,28,33)(H,29,31). The lowest BCUT2D eigenvalue weighted by molar-refractivity contribution is -0.117. The zero-order chi connectivity index (χ0) is 23.7. The molecular formula is C26H34FN5O. The Morgan fingerprint density at radius 2 is 1.88 bits per heavy atom. The van der Waals surface area contributed by atoms with Gasteiger partial charge in [-0.25, -0.2) is 9.38 Å². The van der Waals surface area contributed by atoms with Crippen molar-refractivity contribution in [2.75, 3.05) is 11.9 Å². The Balaban J connectivity index is 1.93. The second-order valence-electron chi connectivity index (χ2n) is 10.2. The quantitative estimate of drug-likeness (QED) is 0.528. The van der Waals surface area contributed by atoms with E-state index in [1.807, 2.05) is 24.3 Å². The molecule has 176 valence electrons. The average molecular weight is 452 g/mol. The predicted molar refractivity (Wildman–Crippen MR) is 132 cm³/mol. The highest BCUT2D eigenvalue weighted by molar-refractivity contribution is 5.84. The lowest BCUT2D eigenvalue weighted by atomic mass is 9.67. The highest BCUT2D eigenvalue weighted by atomic mass is 19.1. The number of anilines is 1. The van der Waals surface area contributed by atoms with E-state index < -0.39 is 17.1 Å². The van der Waals surface area contributed by atoms with Gasteiger partial charge in [-0.05, 0) is 57.4 Å². The highest BCUT2D eigenvalue weighted by Crippen LogP contribution is 2.49. The van der Waals surface area contributed by atoms with Crippen LogP contribution in [0.3, 0.4) is 0 Å². The lowest BCUT2D eigenvalue weighted by Gasteiger charge is -2.55. The summed E-state index contributed by atoms with van der Waals surface area (Å²) in [5.41, 5.74) is 7.04. The van der Waals surface area contributed by atoms with Crippen molar-refractivity contribution in [2.45, 2.75) is 69.6 Å². The van der Waals surface area contributed by atoms with Crippen LogP contribution in [0.1, 0.15) is 58.4 Å². The number of nitrogens with zero attached hydrogens (tertiary/aromatic N) is 1. The first kappa shape index (κ1) is 23.4. The van der Waals surface area contributed by atoms with Gasteiger partial charge in [-0.3, -0.25) is 10.1 Å². The Morgan fingerprint density at radius 3 is 2.55 bits per heavy atom. The van der Waals surface area contributed by atoms with E-state index in [2.05, 4.69) is 36.7 Å². The maximum absolute atomic E-state index is 14.7. The molecule has 0 spiro atoms. The minimum Gasteiger partial charge on any atom is -0.369 e. The van der Waals surface area contributed by atoms with E-state index in [4.69, 9.17) is 10.7 Å². The number of rotatable bonds is 6. The van der Waals surface area contributed by atoms with Crippen molar-refractivity contribution in [2.24, 2.45) is 10.7 Å². The van der Waals surface area contributed by atoms with Crippen molar-refractivity contribution < 1.29 is 9.18 Å². The monoisotopic (exact) mass is 451 g/mol. The Hall–Kier alpha value is -2.77. The van der Waals surface area contributed by atoms with Crippen LogP contribution in [0.4, 0.5) is 10.1 Å². The van der Waals surface area contributed by atoms with Crippen LogP contribution in [0.25, 0.3) is 11.1 Å². The van der Waals surface area contributed by atoms with E-state index in [0.717, 1.165) is 48.9 Å². The third kappa shape index (κ3) is 4.52. The number of fused-ring (bicyclic) bond motifs is 1. The van der Waals surface area contributed by atoms with Crippen molar-refractivity contribution in [1.82, 2.24) is 10.6 Å². The molecule has 1 atom stereocenters. The van der Waals surface area contributed by atoms with E-state index in [-0.39, 0.29) is 17.9 Å². The Bertz CT molecular complexity index is 1050. The summed E-state index contributed by atoms with van der Waals surface area (Å²) in [6.45, 7) is 6.42. The van der Waals surface area contributed by atoms with Crippen LogP contribution >= 0.6 is 0 Å². The van der Waals surface area contributed by atoms with Crippen molar-refractivity contribution in [3.05, 3.63) is 53.8 Å². The van der Waals surface area contributed by atoms with Gasteiger partial charge in [0.25, 0.3) is 0 Å². The maximum atomic E-state index is 14.7. The summed E-state index contributed by atoms with van der Waals surface area (Å²) in [6, 6.07) is 12.6. The first-order chi connectivity index (χ1) is 15.7. The smallest absolute Gasteiger partial charge is 0.231 e. The molecule has 2 aromatic carbocycles. The van der Waals surface area contributed by atoms with Crippen molar-refractivity contribution in [3.63, 3.8) is 0 Å². The molecule has 1 aliphatic carbocycles. The number of carbonyl (C=O) groups is 1. The topological polar surface area (TPSA) is 91.5 Å². The molecule has 6 nitrogen and oxygen atoms in total. The summed E-state index contributed by atoms with van der Waals surface area (Å²) in [7, 11) is 0. The fourth-order valence-corrected chi connectivity index (χ4v) is 5.46. The zero-order valence-corrected chi connectivity index (χ0v) is 19.7. The fourth-order valence-electron chi connectivity index (χ4n) is 5.46. The molecule has 5 N–H and O–H groups in total. The predicted octanol–water partition coefficient (Wildman–Crippen LogP) is 4.27. The molecule has 1 unspecified atom stereocenters. The molecule has 2 aromatic rings. The number of hydrogen-bond donors (Lipinski definition) is 4. The Kier molecular flexibility index (Phi) is 6.29. The normalized spacial score (nSPS) is 21.8. The van der Waals surface area contributed by atoms with Gasteiger partial charge in [-0.15, -0.1) is 0 Å². The van der Waals surface area contributed by atoms with Crippen molar-refractivity contribution in [3.8, 4) is 11.1 Å². The number of nitrogens with two attached hydrogens (primary N) is 1. The Morgan fingerprint density at radius 1 is 1.15 bits per heavy atom. The maximum Gasteiger partial charge on any atom is 0.231 e. The molecule has 1 fully saturated rings. The second kappa shape index (κ2) is 8.88.